The van der Waals surface area contributed by atoms with Crippen molar-refractivity contribution in [2.45, 2.75) is 20.3 Å². The number of aromatic nitrogens is 2. The first kappa shape index (κ1) is 12.4. The van der Waals surface area contributed by atoms with E-state index in [0.717, 1.165) is 17.7 Å². The number of hydrazine groups is 1. The highest BCUT2D eigenvalue weighted by Crippen LogP contribution is 2.22. The van der Waals surface area contributed by atoms with Gasteiger partial charge in [-0.3, -0.25) is 0 Å². The van der Waals surface area contributed by atoms with Gasteiger partial charge in [-0.05, 0) is 31.0 Å². The smallest absolute Gasteiger partial charge is 0.162 e. The Labute approximate surface area is 105 Å². The van der Waals surface area contributed by atoms with E-state index >= 15 is 0 Å². The largest absolute Gasteiger partial charge is 0.308 e. The summed E-state index contributed by atoms with van der Waals surface area (Å²) >= 11 is 0. The van der Waals surface area contributed by atoms with Gasteiger partial charge >= 0.3 is 0 Å². The van der Waals surface area contributed by atoms with E-state index in [1.54, 1.807) is 12.1 Å². The van der Waals surface area contributed by atoms with Crippen LogP contribution in [-0.2, 0) is 6.42 Å². The molecule has 0 aliphatic rings. The summed E-state index contributed by atoms with van der Waals surface area (Å²) in [5, 5.41) is 0. The third kappa shape index (κ3) is 2.46. The molecule has 4 nitrogen and oxygen atoms in total. The third-order valence-electron chi connectivity index (χ3n) is 2.73. The molecule has 0 atom stereocenters. The van der Waals surface area contributed by atoms with E-state index in [0.29, 0.717) is 17.2 Å². The summed E-state index contributed by atoms with van der Waals surface area (Å²) in [6, 6.07) is 6.34. The molecule has 0 saturated heterocycles. The van der Waals surface area contributed by atoms with Gasteiger partial charge in [0.2, 0.25) is 0 Å². The van der Waals surface area contributed by atoms with Gasteiger partial charge in [-0.1, -0.05) is 13.0 Å². The van der Waals surface area contributed by atoms with E-state index in [4.69, 9.17) is 5.84 Å². The number of nitrogens with one attached hydrogen (secondary N) is 1. The summed E-state index contributed by atoms with van der Waals surface area (Å²) in [6.45, 7) is 3.89. The number of benzene rings is 1. The highest BCUT2D eigenvalue weighted by atomic mass is 19.1. The van der Waals surface area contributed by atoms with Crippen molar-refractivity contribution in [1.82, 2.24) is 9.97 Å². The monoisotopic (exact) mass is 246 g/mol. The molecule has 94 valence electrons. The van der Waals surface area contributed by atoms with Crippen molar-refractivity contribution in [1.29, 1.82) is 0 Å². The lowest BCUT2D eigenvalue weighted by molar-refractivity contribution is 0.627. The Kier molecular flexibility index (Phi) is 3.53. The fourth-order valence-electron chi connectivity index (χ4n) is 1.71. The molecule has 0 bridgehead atoms. The molecule has 0 saturated carbocycles. The molecule has 0 amide bonds. The summed E-state index contributed by atoms with van der Waals surface area (Å²) in [4.78, 5) is 8.66. The molecule has 2 rings (SSSR count). The number of nitrogen functional groups attached to an aromatic ring is 1. The number of anilines is 1. The van der Waals surface area contributed by atoms with Crippen molar-refractivity contribution in [3.8, 4) is 11.4 Å². The molecule has 1 aromatic carbocycles. The zero-order valence-electron chi connectivity index (χ0n) is 10.4. The number of nitrogens with zero attached hydrogens (tertiary/aromatic N) is 2. The van der Waals surface area contributed by atoms with E-state index in [-0.39, 0.29) is 5.82 Å². The van der Waals surface area contributed by atoms with Crippen LogP contribution in [0.3, 0.4) is 0 Å². The highest BCUT2D eigenvalue weighted by Gasteiger charge is 2.09. The number of aryl methyl sites for hydroxylation is 2. The molecule has 0 aliphatic heterocycles. The minimum Gasteiger partial charge on any atom is -0.308 e. The van der Waals surface area contributed by atoms with Crippen LogP contribution in [0.2, 0.25) is 0 Å². The van der Waals surface area contributed by atoms with Crippen LogP contribution >= 0.6 is 0 Å². The number of halogens is 1. The van der Waals surface area contributed by atoms with Gasteiger partial charge in [-0.25, -0.2) is 20.2 Å². The zero-order valence-corrected chi connectivity index (χ0v) is 10.4. The summed E-state index contributed by atoms with van der Waals surface area (Å²) in [7, 11) is 0. The predicted octanol–water partition coefficient (Wildman–Crippen LogP) is 2.44. The first-order chi connectivity index (χ1) is 8.63. The maximum absolute atomic E-state index is 13.3. The van der Waals surface area contributed by atoms with Gasteiger partial charge in [0.05, 0.1) is 0 Å². The first-order valence-corrected chi connectivity index (χ1v) is 5.75. The van der Waals surface area contributed by atoms with E-state index < -0.39 is 0 Å². The molecule has 0 unspecified atom stereocenters. The van der Waals surface area contributed by atoms with Crippen molar-refractivity contribution in [3.05, 3.63) is 41.3 Å². The molecule has 0 radical (unpaired) electrons. The SMILES string of the molecule is CCc1cc(NN)nc(-c2cc(F)ccc2C)n1. The Morgan fingerprint density at radius 1 is 1.28 bits per heavy atom. The second kappa shape index (κ2) is 5.10. The Bertz CT molecular complexity index is 547. The Morgan fingerprint density at radius 2 is 2.06 bits per heavy atom. The lowest BCUT2D eigenvalue weighted by atomic mass is 10.1. The van der Waals surface area contributed by atoms with E-state index in [2.05, 4.69) is 15.4 Å². The van der Waals surface area contributed by atoms with Crippen LogP contribution in [0.25, 0.3) is 11.4 Å². The van der Waals surface area contributed by atoms with Gasteiger partial charge in [-0.2, -0.15) is 0 Å². The van der Waals surface area contributed by atoms with Gasteiger partial charge in [0, 0.05) is 17.3 Å². The molecule has 5 heteroatoms. The highest BCUT2D eigenvalue weighted by molar-refractivity contribution is 5.61. The number of rotatable bonds is 3. The van der Waals surface area contributed by atoms with E-state index in [9.17, 15) is 4.39 Å². The van der Waals surface area contributed by atoms with Crippen molar-refractivity contribution >= 4 is 5.82 Å². The third-order valence-corrected chi connectivity index (χ3v) is 2.73. The average molecular weight is 246 g/mol. The number of hydrogen-bond acceptors (Lipinski definition) is 4. The maximum atomic E-state index is 13.3. The molecule has 0 fully saturated rings. The minimum absolute atomic E-state index is 0.302. The van der Waals surface area contributed by atoms with Crippen molar-refractivity contribution in [2.75, 3.05) is 5.43 Å². The van der Waals surface area contributed by atoms with Crippen LogP contribution in [-0.4, -0.2) is 9.97 Å². The molecule has 18 heavy (non-hydrogen) atoms. The normalized spacial score (nSPS) is 10.4. The first-order valence-electron chi connectivity index (χ1n) is 5.75. The second-order valence-corrected chi connectivity index (χ2v) is 4.03. The Hall–Kier alpha value is -2.01. The van der Waals surface area contributed by atoms with E-state index in [1.165, 1.54) is 12.1 Å². The van der Waals surface area contributed by atoms with Gasteiger partial charge in [0.15, 0.2) is 5.82 Å². The van der Waals surface area contributed by atoms with Crippen molar-refractivity contribution in [2.24, 2.45) is 5.84 Å². The molecule has 2 aromatic rings. The van der Waals surface area contributed by atoms with Gasteiger partial charge in [-0.15, -0.1) is 0 Å². The average Bonchev–Trinajstić information content (AvgIpc) is 2.40. The standard InChI is InChI=1S/C13H15FN4/c1-3-10-7-12(18-15)17-13(16-10)11-6-9(14)5-4-8(11)2/h4-7H,3,15H2,1-2H3,(H,16,17,18). The molecule has 0 spiro atoms. The summed E-state index contributed by atoms with van der Waals surface area (Å²) in [5.74, 6) is 6.09. The van der Waals surface area contributed by atoms with Crippen molar-refractivity contribution in [3.63, 3.8) is 0 Å². The summed E-state index contributed by atoms with van der Waals surface area (Å²) < 4.78 is 13.3. The van der Waals surface area contributed by atoms with Gasteiger partial charge in [0.25, 0.3) is 0 Å². The van der Waals surface area contributed by atoms with E-state index in [1.807, 2.05) is 13.8 Å². The second-order valence-electron chi connectivity index (χ2n) is 4.03. The molecule has 1 heterocycles. The van der Waals surface area contributed by atoms with Crippen LogP contribution in [0.4, 0.5) is 10.2 Å². The topological polar surface area (TPSA) is 63.8 Å². The van der Waals surface area contributed by atoms with Crippen LogP contribution in [0, 0.1) is 12.7 Å². The fraction of sp³-hybridized carbons (Fsp3) is 0.231. The summed E-state index contributed by atoms with van der Waals surface area (Å²) in [5.41, 5.74) is 4.96. The van der Waals surface area contributed by atoms with Crippen LogP contribution in [0.1, 0.15) is 18.2 Å². The molecular formula is C13H15FN4. The van der Waals surface area contributed by atoms with Crippen LogP contribution < -0.4 is 11.3 Å². The molecule has 3 N–H and O–H groups in total. The lowest BCUT2D eigenvalue weighted by Crippen LogP contribution is -2.10. The Morgan fingerprint density at radius 3 is 2.72 bits per heavy atom. The van der Waals surface area contributed by atoms with Gasteiger partial charge < -0.3 is 5.43 Å². The maximum Gasteiger partial charge on any atom is 0.162 e. The molecule has 1 aromatic heterocycles. The lowest BCUT2D eigenvalue weighted by Gasteiger charge is -2.08. The van der Waals surface area contributed by atoms with Crippen LogP contribution in [0.5, 0.6) is 0 Å². The number of nitrogens with two attached hydrogens (primary N) is 1. The Balaban J connectivity index is 2.58. The fourth-order valence-corrected chi connectivity index (χ4v) is 1.71. The molecule has 0 aliphatic carbocycles. The summed E-state index contributed by atoms with van der Waals surface area (Å²) in [6.07, 6.45) is 0.762. The minimum atomic E-state index is -0.302. The van der Waals surface area contributed by atoms with Crippen molar-refractivity contribution < 1.29 is 4.39 Å². The number of hydrogen-bond donors (Lipinski definition) is 2. The molecular weight excluding hydrogens is 231 g/mol. The van der Waals surface area contributed by atoms with Gasteiger partial charge in [0.1, 0.15) is 11.6 Å². The van der Waals surface area contributed by atoms with Crippen LogP contribution in [0.15, 0.2) is 24.3 Å². The quantitative estimate of drug-likeness (QED) is 0.645. The predicted molar refractivity (Wildman–Crippen MR) is 69.4 cm³/mol. The zero-order chi connectivity index (χ0) is 13.1.